The normalized spacial score (nSPS) is 24.4. The van der Waals surface area contributed by atoms with Crippen LogP contribution in [-0.4, -0.2) is 28.9 Å². The molecular formula is C10H15N3O. The van der Waals surface area contributed by atoms with E-state index in [0.717, 1.165) is 25.7 Å². The monoisotopic (exact) mass is 193 g/mol. The second kappa shape index (κ2) is 3.12. The molecule has 0 saturated heterocycles. The number of carbonyl (C=O) groups is 1. The zero-order valence-electron chi connectivity index (χ0n) is 8.20. The van der Waals surface area contributed by atoms with Gasteiger partial charge < -0.3 is 10.6 Å². The Bertz CT molecular complexity index is 302. The van der Waals surface area contributed by atoms with E-state index >= 15 is 0 Å². The fraction of sp³-hybridized carbons (Fsp3) is 0.600. The molecule has 2 rings (SSSR count). The smallest absolute Gasteiger partial charge is 0.346 e. The first-order valence-corrected chi connectivity index (χ1v) is 4.98. The lowest BCUT2D eigenvalue weighted by molar-refractivity contribution is 0.182. The molecule has 1 heterocycles. The Balaban J connectivity index is 2.31. The summed E-state index contributed by atoms with van der Waals surface area (Å²) in [6.45, 7) is 4.20. The van der Waals surface area contributed by atoms with Crippen molar-refractivity contribution >= 4 is 11.9 Å². The summed E-state index contributed by atoms with van der Waals surface area (Å²) in [6, 6.07) is -0.204. The minimum atomic E-state index is -0.273. The van der Waals surface area contributed by atoms with Crippen molar-refractivity contribution in [1.29, 1.82) is 0 Å². The van der Waals surface area contributed by atoms with Crippen molar-refractivity contribution in [3.8, 4) is 0 Å². The summed E-state index contributed by atoms with van der Waals surface area (Å²) in [6.07, 6.45) is 5.87. The van der Waals surface area contributed by atoms with Crippen LogP contribution in [0.1, 0.15) is 25.7 Å². The zero-order chi connectivity index (χ0) is 10.2. The molecule has 0 unspecified atom stereocenters. The molecule has 0 bridgehead atoms. The molecule has 1 saturated carbocycles. The van der Waals surface area contributed by atoms with Crippen LogP contribution in [0.25, 0.3) is 0 Å². The van der Waals surface area contributed by atoms with Gasteiger partial charge in [0.15, 0.2) is 0 Å². The van der Waals surface area contributed by atoms with E-state index in [4.69, 9.17) is 5.73 Å². The SMILES string of the molecule is C=CCN1C(=O)N=C(N)C12CCCC2. The van der Waals surface area contributed by atoms with E-state index in [-0.39, 0.29) is 11.6 Å². The molecule has 1 fully saturated rings. The van der Waals surface area contributed by atoms with E-state index < -0.39 is 0 Å². The van der Waals surface area contributed by atoms with Crippen molar-refractivity contribution in [2.24, 2.45) is 10.7 Å². The number of nitrogens with zero attached hydrogens (tertiary/aromatic N) is 2. The number of nitrogens with two attached hydrogens (primary N) is 1. The first-order chi connectivity index (χ1) is 6.70. The molecule has 0 atom stereocenters. The highest BCUT2D eigenvalue weighted by atomic mass is 16.2. The summed E-state index contributed by atoms with van der Waals surface area (Å²) in [5.74, 6) is 0.502. The van der Waals surface area contributed by atoms with Gasteiger partial charge >= 0.3 is 6.03 Å². The maximum absolute atomic E-state index is 11.5. The van der Waals surface area contributed by atoms with Crippen LogP contribution in [0.3, 0.4) is 0 Å². The quantitative estimate of drug-likeness (QED) is 0.671. The maximum atomic E-state index is 11.5. The van der Waals surface area contributed by atoms with Crippen LogP contribution >= 0.6 is 0 Å². The molecule has 1 aliphatic heterocycles. The molecule has 0 aromatic rings. The van der Waals surface area contributed by atoms with E-state index in [1.54, 1.807) is 11.0 Å². The summed E-state index contributed by atoms with van der Waals surface area (Å²) in [4.78, 5) is 17.2. The Morgan fingerprint density at radius 3 is 2.79 bits per heavy atom. The maximum Gasteiger partial charge on any atom is 0.346 e. The summed E-state index contributed by atoms with van der Waals surface area (Å²) in [5.41, 5.74) is 5.57. The van der Waals surface area contributed by atoms with E-state index in [0.29, 0.717) is 12.4 Å². The zero-order valence-corrected chi connectivity index (χ0v) is 8.20. The van der Waals surface area contributed by atoms with Crippen molar-refractivity contribution in [2.75, 3.05) is 6.54 Å². The van der Waals surface area contributed by atoms with Gasteiger partial charge in [0.2, 0.25) is 0 Å². The molecule has 4 nitrogen and oxygen atoms in total. The van der Waals surface area contributed by atoms with Crippen molar-refractivity contribution in [3.63, 3.8) is 0 Å². The third-order valence-electron chi connectivity index (χ3n) is 3.18. The summed E-state index contributed by atoms with van der Waals surface area (Å²) in [7, 11) is 0. The van der Waals surface area contributed by atoms with Gasteiger partial charge in [0, 0.05) is 6.54 Å². The Hall–Kier alpha value is -1.32. The minimum Gasteiger partial charge on any atom is -0.385 e. The Morgan fingerprint density at radius 1 is 1.57 bits per heavy atom. The van der Waals surface area contributed by atoms with E-state index in [2.05, 4.69) is 11.6 Å². The summed E-state index contributed by atoms with van der Waals surface area (Å²) in [5, 5.41) is 0. The fourth-order valence-corrected chi connectivity index (χ4v) is 2.46. The fourth-order valence-electron chi connectivity index (χ4n) is 2.46. The van der Waals surface area contributed by atoms with Crippen molar-refractivity contribution in [1.82, 2.24) is 4.90 Å². The average Bonchev–Trinajstić information content (AvgIpc) is 2.70. The average molecular weight is 193 g/mol. The highest BCUT2D eigenvalue weighted by Crippen LogP contribution is 2.38. The van der Waals surface area contributed by atoms with Gasteiger partial charge in [0.05, 0.1) is 0 Å². The summed E-state index contributed by atoms with van der Waals surface area (Å²) < 4.78 is 0. The van der Waals surface area contributed by atoms with Crippen LogP contribution in [0.5, 0.6) is 0 Å². The van der Waals surface area contributed by atoms with Crippen LogP contribution < -0.4 is 5.73 Å². The number of rotatable bonds is 2. The lowest BCUT2D eigenvalue weighted by Crippen LogP contribution is -2.52. The second-order valence-corrected chi connectivity index (χ2v) is 3.92. The van der Waals surface area contributed by atoms with Gasteiger partial charge in [-0.1, -0.05) is 18.9 Å². The first kappa shape index (κ1) is 9.24. The van der Waals surface area contributed by atoms with E-state index in [1.807, 2.05) is 0 Å². The molecular weight excluding hydrogens is 178 g/mol. The van der Waals surface area contributed by atoms with E-state index in [1.165, 1.54) is 0 Å². The highest BCUT2D eigenvalue weighted by molar-refractivity contribution is 6.06. The second-order valence-electron chi connectivity index (χ2n) is 3.92. The highest BCUT2D eigenvalue weighted by Gasteiger charge is 2.49. The van der Waals surface area contributed by atoms with Crippen molar-refractivity contribution in [2.45, 2.75) is 31.2 Å². The van der Waals surface area contributed by atoms with Gasteiger partial charge in [-0.25, -0.2) is 4.79 Å². The molecule has 76 valence electrons. The topological polar surface area (TPSA) is 58.7 Å². The first-order valence-electron chi connectivity index (χ1n) is 4.98. The molecule has 2 amide bonds. The number of hydrogen-bond acceptors (Lipinski definition) is 2. The van der Waals surface area contributed by atoms with Crippen LogP contribution in [0.4, 0.5) is 4.79 Å². The molecule has 1 spiro atoms. The molecule has 2 aliphatic rings. The van der Waals surface area contributed by atoms with Gasteiger partial charge in [-0.2, -0.15) is 4.99 Å². The predicted molar refractivity (Wildman–Crippen MR) is 55.1 cm³/mol. The molecule has 1 aliphatic carbocycles. The summed E-state index contributed by atoms with van der Waals surface area (Å²) >= 11 is 0. The van der Waals surface area contributed by atoms with Crippen LogP contribution in [0.15, 0.2) is 17.6 Å². The van der Waals surface area contributed by atoms with Gasteiger partial charge in [-0.15, -0.1) is 6.58 Å². The lowest BCUT2D eigenvalue weighted by atomic mass is 9.95. The van der Waals surface area contributed by atoms with Crippen LogP contribution in [0.2, 0.25) is 0 Å². The predicted octanol–water partition coefficient (Wildman–Crippen LogP) is 1.28. The molecule has 0 aromatic carbocycles. The van der Waals surface area contributed by atoms with Gasteiger partial charge in [0.1, 0.15) is 11.4 Å². The number of urea groups is 1. The third-order valence-corrected chi connectivity index (χ3v) is 3.18. The lowest BCUT2D eigenvalue weighted by Gasteiger charge is -2.33. The van der Waals surface area contributed by atoms with Crippen molar-refractivity contribution in [3.05, 3.63) is 12.7 Å². The van der Waals surface area contributed by atoms with Crippen LogP contribution in [0, 0.1) is 0 Å². The Kier molecular flexibility index (Phi) is 2.06. The standard InChI is InChI=1S/C10H15N3O/c1-2-7-13-9(14)12-8(11)10(13)5-3-4-6-10/h2H,1,3-7H2,(H2,11,12,14). The molecule has 4 heteroatoms. The Morgan fingerprint density at radius 2 is 2.21 bits per heavy atom. The van der Waals surface area contributed by atoms with Gasteiger partial charge in [-0.3, -0.25) is 0 Å². The number of amides is 2. The molecule has 14 heavy (non-hydrogen) atoms. The van der Waals surface area contributed by atoms with Gasteiger partial charge in [-0.05, 0) is 12.8 Å². The van der Waals surface area contributed by atoms with Gasteiger partial charge in [0.25, 0.3) is 0 Å². The Labute approximate surface area is 83.5 Å². The number of carbonyl (C=O) groups excluding carboxylic acids is 1. The molecule has 0 radical (unpaired) electrons. The molecule has 0 aromatic heterocycles. The number of amidine groups is 1. The largest absolute Gasteiger partial charge is 0.385 e. The van der Waals surface area contributed by atoms with Crippen LogP contribution in [-0.2, 0) is 0 Å². The van der Waals surface area contributed by atoms with Crippen molar-refractivity contribution < 1.29 is 4.79 Å². The number of hydrogen-bond donors (Lipinski definition) is 1. The number of aliphatic imine (C=N–C) groups is 1. The van der Waals surface area contributed by atoms with E-state index in [9.17, 15) is 4.79 Å². The minimum absolute atomic E-state index is 0.204. The molecule has 2 N–H and O–H groups in total. The third kappa shape index (κ3) is 1.06.